The van der Waals surface area contributed by atoms with E-state index < -0.39 is 5.82 Å². The fraction of sp³-hybridized carbons (Fsp3) is 0.235. The molecule has 3 aromatic rings. The highest BCUT2D eigenvalue weighted by molar-refractivity contribution is 5.45. The van der Waals surface area contributed by atoms with Crippen molar-refractivity contribution in [3.63, 3.8) is 0 Å². The SMILES string of the molecule is Cc1cccc(-n2nnn(C)c2=O)c1COc1c(C)cccc1F. The molecule has 2 aromatic carbocycles. The monoisotopic (exact) mass is 328 g/mol. The first-order valence-electron chi connectivity index (χ1n) is 7.45. The lowest BCUT2D eigenvalue weighted by Gasteiger charge is -2.14. The predicted octanol–water partition coefficient (Wildman–Crippen LogP) is 2.30. The number of aromatic nitrogens is 4. The van der Waals surface area contributed by atoms with E-state index in [4.69, 9.17) is 4.74 Å². The van der Waals surface area contributed by atoms with Gasteiger partial charge in [0.2, 0.25) is 0 Å². The third-order valence-electron chi connectivity index (χ3n) is 3.86. The molecule has 0 aliphatic rings. The van der Waals surface area contributed by atoms with Crippen LogP contribution in [-0.2, 0) is 13.7 Å². The van der Waals surface area contributed by atoms with Crippen LogP contribution in [0.5, 0.6) is 5.75 Å². The third-order valence-corrected chi connectivity index (χ3v) is 3.86. The molecule has 0 radical (unpaired) electrons. The largest absolute Gasteiger partial charge is 0.485 e. The van der Waals surface area contributed by atoms with Gasteiger partial charge in [-0.05, 0) is 47.5 Å². The van der Waals surface area contributed by atoms with Gasteiger partial charge in [0.25, 0.3) is 0 Å². The van der Waals surface area contributed by atoms with E-state index in [1.54, 1.807) is 25.1 Å². The Morgan fingerprint density at radius 2 is 1.79 bits per heavy atom. The van der Waals surface area contributed by atoms with Crippen molar-refractivity contribution in [2.24, 2.45) is 7.05 Å². The minimum atomic E-state index is -0.415. The Bertz CT molecular complexity index is 926. The summed E-state index contributed by atoms with van der Waals surface area (Å²) >= 11 is 0. The number of para-hydroxylation sites is 1. The maximum absolute atomic E-state index is 13.9. The van der Waals surface area contributed by atoms with Crippen molar-refractivity contribution >= 4 is 0 Å². The first-order chi connectivity index (χ1) is 11.5. The summed E-state index contributed by atoms with van der Waals surface area (Å²) in [7, 11) is 1.53. The van der Waals surface area contributed by atoms with Crippen molar-refractivity contribution in [1.29, 1.82) is 0 Å². The number of nitrogens with zero attached hydrogens (tertiary/aromatic N) is 4. The van der Waals surface area contributed by atoms with Gasteiger partial charge in [-0.2, -0.15) is 9.36 Å². The van der Waals surface area contributed by atoms with Crippen LogP contribution in [0.1, 0.15) is 16.7 Å². The highest BCUT2D eigenvalue weighted by Crippen LogP contribution is 2.25. The van der Waals surface area contributed by atoms with Crippen LogP contribution in [0.15, 0.2) is 41.2 Å². The number of rotatable bonds is 4. The molecule has 124 valence electrons. The zero-order chi connectivity index (χ0) is 17.3. The molecule has 0 saturated heterocycles. The Morgan fingerprint density at radius 1 is 1.08 bits per heavy atom. The van der Waals surface area contributed by atoms with E-state index in [0.29, 0.717) is 11.3 Å². The molecule has 0 fully saturated rings. The molecule has 0 spiro atoms. The highest BCUT2D eigenvalue weighted by atomic mass is 19.1. The van der Waals surface area contributed by atoms with Crippen LogP contribution in [-0.4, -0.2) is 19.8 Å². The van der Waals surface area contributed by atoms with Crippen LogP contribution in [0.2, 0.25) is 0 Å². The Balaban J connectivity index is 2.00. The van der Waals surface area contributed by atoms with E-state index in [2.05, 4.69) is 10.4 Å². The van der Waals surface area contributed by atoms with Crippen molar-refractivity contribution in [3.05, 3.63) is 69.4 Å². The van der Waals surface area contributed by atoms with Gasteiger partial charge < -0.3 is 4.74 Å². The molecule has 0 bridgehead atoms. The molecule has 3 rings (SSSR count). The molecule has 6 nitrogen and oxygen atoms in total. The maximum Gasteiger partial charge on any atom is 0.368 e. The second kappa shape index (κ2) is 6.27. The third kappa shape index (κ3) is 2.80. The molecule has 7 heteroatoms. The first kappa shape index (κ1) is 15.9. The first-order valence-corrected chi connectivity index (χ1v) is 7.45. The number of ether oxygens (including phenoxy) is 1. The summed E-state index contributed by atoms with van der Waals surface area (Å²) in [6.45, 7) is 3.80. The summed E-state index contributed by atoms with van der Waals surface area (Å²) in [6, 6.07) is 10.3. The summed E-state index contributed by atoms with van der Waals surface area (Å²) in [5.74, 6) is -0.208. The van der Waals surface area contributed by atoms with Crippen LogP contribution < -0.4 is 10.4 Å². The number of tetrazole rings is 1. The molecule has 24 heavy (non-hydrogen) atoms. The van der Waals surface area contributed by atoms with Crippen molar-refractivity contribution in [1.82, 2.24) is 19.8 Å². The van der Waals surface area contributed by atoms with Crippen LogP contribution in [0.3, 0.4) is 0 Å². The highest BCUT2D eigenvalue weighted by Gasteiger charge is 2.15. The molecule has 0 amide bonds. The van der Waals surface area contributed by atoms with Crippen molar-refractivity contribution in [3.8, 4) is 11.4 Å². The minimum absolute atomic E-state index is 0.118. The Kier molecular flexibility index (Phi) is 4.16. The van der Waals surface area contributed by atoms with Gasteiger partial charge in [0, 0.05) is 12.6 Å². The molecular formula is C17H17FN4O2. The fourth-order valence-electron chi connectivity index (χ4n) is 2.48. The van der Waals surface area contributed by atoms with E-state index in [0.717, 1.165) is 15.8 Å². The van der Waals surface area contributed by atoms with Gasteiger partial charge in [-0.3, -0.25) is 0 Å². The molecule has 0 aliphatic carbocycles. The summed E-state index contributed by atoms with van der Waals surface area (Å²) in [6.07, 6.45) is 0. The van der Waals surface area contributed by atoms with Gasteiger partial charge in [-0.1, -0.05) is 24.3 Å². The van der Waals surface area contributed by atoms with Crippen molar-refractivity contribution in [2.45, 2.75) is 20.5 Å². The lowest BCUT2D eigenvalue weighted by Crippen LogP contribution is -2.23. The Labute approximate surface area is 138 Å². The van der Waals surface area contributed by atoms with Gasteiger partial charge >= 0.3 is 5.69 Å². The topological polar surface area (TPSA) is 61.9 Å². The second-order valence-corrected chi connectivity index (χ2v) is 5.54. The van der Waals surface area contributed by atoms with E-state index in [1.807, 2.05) is 19.1 Å². The van der Waals surface area contributed by atoms with Gasteiger partial charge in [0.15, 0.2) is 11.6 Å². The normalized spacial score (nSPS) is 10.8. The van der Waals surface area contributed by atoms with Crippen molar-refractivity contribution in [2.75, 3.05) is 0 Å². The summed E-state index contributed by atoms with van der Waals surface area (Å²) in [5.41, 5.74) is 2.59. The van der Waals surface area contributed by atoms with Gasteiger partial charge in [-0.25, -0.2) is 9.18 Å². The van der Waals surface area contributed by atoms with E-state index in [1.165, 1.54) is 17.8 Å². The zero-order valence-electron chi connectivity index (χ0n) is 13.7. The maximum atomic E-state index is 13.9. The zero-order valence-corrected chi connectivity index (χ0v) is 13.7. The molecule has 1 aromatic heterocycles. The summed E-state index contributed by atoms with van der Waals surface area (Å²) in [4.78, 5) is 12.1. The van der Waals surface area contributed by atoms with Crippen LogP contribution >= 0.6 is 0 Å². The van der Waals surface area contributed by atoms with Crippen molar-refractivity contribution < 1.29 is 9.13 Å². The molecule has 1 heterocycles. The predicted molar refractivity (Wildman–Crippen MR) is 86.8 cm³/mol. The fourth-order valence-corrected chi connectivity index (χ4v) is 2.48. The lowest BCUT2D eigenvalue weighted by atomic mass is 10.1. The number of hydrogen-bond acceptors (Lipinski definition) is 4. The van der Waals surface area contributed by atoms with E-state index in [9.17, 15) is 9.18 Å². The number of halogens is 1. The second-order valence-electron chi connectivity index (χ2n) is 5.54. The molecule has 0 atom stereocenters. The molecular weight excluding hydrogens is 311 g/mol. The van der Waals surface area contributed by atoms with Gasteiger partial charge in [0.05, 0.1) is 5.69 Å². The summed E-state index contributed by atoms with van der Waals surface area (Å²) < 4.78 is 22.0. The quantitative estimate of drug-likeness (QED) is 0.737. The standard InChI is InChI=1S/C17H17FN4O2/c1-11-6-5-9-15(22-17(23)21(3)19-20-22)13(11)10-24-16-12(2)7-4-8-14(16)18/h4-9H,10H2,1-3H3. The summed E-state index contributed by atoms with van der Waals surface area (Å²) in [5, 5.41) is 7.59. The van der Waals surface area contributed by atoms with Crippen LogP contribution in [0.4, 0.5) is 4.39 Å². The number of aryl methyl sites for hydroxylation is 3. The average Bonchev–Trinajstić information content (AvgIpc) is 2.87. The smallest absolute Gasteiger partial charge is 0.368 e. The van der Waals surface area contributed by atoms with E-state index >= 15 is 0 Å². The Morgan fingerprint density at radius 3 is 2.46 bits per heavy atom. The molecule has 0 saturated carbocycles. The van der Waals surface area contributed by atoms with E-state index in [-0.39, 0.29) is 18.0 Å². The van der Waals surface area contributed by atoms with Crippen LogP contribution in [0.25, 0.3) is 5.69 Å². The van der Waals surface area contributed by atoms with Crippen LogP contribution in [0, 0.1) is 19.7 Å². The molecule has 0 N–H and O–H groups in total. The Hall–Kier alpha value is -2.96. The molecule has 0 aliphatic heterocycles. The molecule has 0 unspecified atom stereocenters. The average molecular weight is 328 g/mol. The lowest BCUT2D eigenvalue weighted by molar-refractivity contribution is 0.287. The number of benzene rings is 2. The number of hydrogen-bond donors (Lipinski definition) is 0. The van der Waals surface area contributed by atoms with Gasteiger partial charge in [0.1, 0.15) is 6.61 Å². The van der Waals surface area contributed by atoms with Gasteiger partial charge in [-0.15, -0.1) is 0 Å². The minimum Gasteiger partial charge on any atom is -0.485 e.